The Bertz CT molecular complexity index is 347. The minimum atomic E-state index is 0.0463. The third kappa shape index (κ3) is 2.05. The molecule has 0 saturated heterocycles. The summed E-state index contributed by atoms with van der Waals surface area (Å²) < 4.78 is 0. The minimum Gasteiger partial charge on any atom is -0.399 e. The molecule has 0 aromatic heterocycles. The van der Waals surface area contributed by atoms with Gasteiger partial charge in [-0.3, -0.25) is 4.79 Å². The normalized spacial score (nSPS) is 9.93. The monoisotopic (exact) mass is 192 g/mol. The maximum Gasteiger partial charge on any atom is 0.253 e. The van der Waals surface area contributed by atoms with Gasteiger partial charge in [-0.2, -0.15) is 0 Å². The average molecular weight is 192 g/mol. The quantitative estimate of drug-likeness (QED) is 0.724. The zero-order chi connectivity index (χ0) is 10.7. The summed E-state index contributed by atoms with van der Waals surface area (Å²) in [5.41, 5.74) is 7.96. The molecule has 2 N–H and O–H groups in total. The number of benzene rings is 1. The Hall–Kier alpha value is -1.51. The first-order valence-corrected chi connectivity index (χ1v) is 4.67. The zero-order valence-corrected chi connectivity index (χ0v) is 8.87. The second kappa shape index (κ2) is 4.13. The van der Waals surface area contributed by atoms with E-state index >= 15 is 0 Å². The molecule has 1 rings (SSSR count). The van der Waals surface area contributed by atoms with Crippen LogP contribution in [-0.4, -0.2) is 24.4 Å². The summed E-state index contributed by atoms with van der Waals surface area (Å²) in [5.74, 6) is 0.0463. The van der Waals surface area contributed by atoms with Crippen molar-refractivity contribution >= 4 is 11.6 Å². The van der Waals surface area contributed by atoms with Crippen LogP contribution in [0.3, 0.4) is 0 Å². The molecule has 14 heavy (non-hydrogen) atoms. The topological polar surface area (TPSA) is 46.3 Å². The smallest absolute Gasteiger partial charge is 0.253 e. The van der Waals surface area contributed by atoms with Gasteiger partial charge in [0.05, 0.1) is 0 Å². The van der Waals surface area contributed by atoms with Crippen molar-refractivity contribution in [2.24, 2.45) is 0 Å². The summed E-state index contributed by atoms with van der Waals surface area (Å²) in [6.45, 7) is 4.56. The SMILES string of the molecule is CCN(C)C(=O)c1ccc(N)cc1C. The number of nitrogen functional groups attached to an aromatic ring is 1. The number of carbonyl (C=O) groups excluding carboxylic acids is 1. The molecule has 3 heteroatoms. The van der Waals surface area contributed by atoms with Crippen molar-refractivity contribution in [1.82, 2.24) is 4.90 Å². The Kier molecular flexibility index (Phi) is 3.12. The van der Waals surface area contributed by atoms with E-state index in [0.717, 1.165) is 11.1 Å². The van der Waals surface area contributed by atoms with Crippen LogP contribution >= 0.6 is 0 Å². The first-order chi connectivity index (χ1) is 6.56. The van der Waals surface area contributed by atoms with E-state index in [4.69, 9.17) is 5.73 Å². The zero-order valence-electron chi connectivity index (χ0n) is 8.87. The van der Waals surface area contributed by atoms with E-state index in [0.29, 0.717) is 12.2 Å². The molecule has 1 amide bonds. The van der Waals surface area contributed by atoms with Crippen molar-refractivity contribution in [1.29, 1.82) is 0 Å². The van der Waals surface area contributed by atoms with Gasteiger partial charge in [0, 0.05) is 24.8 Å². The molecule has 1 aromatic rings. The number of hydrogen-bond donors (Lipinski definition) is 1. The number of hydrogen-bond acceptors (Lipinski definition) is 2. The van der Waals surface area contributed by atoms with Crippen molar-refractivity contribution in [2.45, 2.75) is 13.8 Å². The summed E-state index contributed by atoms with van der Waals surface area (Å²) in [7, 11) is 1.79. The van der Waals surface area contributed by atoms with Crippen LogP contribution < -0.4 is 5.73 Å². The van der Waals surface area contributed by atoms with E-state index in [9.17, 15) is 4.79 Å². The van der Waals surface area contributed by atoms with E-state index < -0.39 is 0 Å². The fourth-order valence-corrected chi connectivity index (χ4v) is 1.28. The maximum atomic E-state index is 11.8. The van der Waals surface area contributed by atoms with Crippen molar-refractivity contribution < 1.29 is 4.79 Å². The molecule has 0 spiro atoms. The Morgan fingerprint density at radius 3 is 2.64 bits per heavy atom. The second-order valence-electron chi connectivity index (χ2n) is 3.39. The number of carbonyl (C=O) groups is 1. The second-order valence-corrected chi connectivity index (χ2v) is 3.39. The molecule has 0 aliphatic rings. The highest BCUT2D eigenvalue weighted by molar-refractivity contribution is 5.95. The lowest BCUT2D eigenvalue weighted by Gasteiger charge is -2.15. The summed E-state index contributed by atoms with van der Waals surface area (Å²) in [6, 6.07) is 5.35. The molecular weight excluding hydrogens is 176 g/mol. The molecule has 0 atom stereocenters. The third-order valence-electron chi connectivity index (χ3n) is 2.30. The van der Waals surface area contributed by atoms with Gasteiger partial charge in [0.15, 0.2) is 0 Å². The van der Waals surface area contributed by atoms with Crippen LogP contribution in [0.2, 0.25) is 0 Å². The van der Waals surface area contributed by atoms with Gasteiger partial charge >= 0.3 is 0 Å². The Labute approximate surface area is 84.5 Å². The Morgan fingerprint density at radius 2 is 2.14 bits per heavy atom. The van der Waals surface area contributed by atoms with Crippen LogP contribution in [0.5, 0.6) is 0 Å². The lowest BCUT2D eigenvalue weighted by Crippen LogP contribution is -2.26. The predicted molar refractivity (Wildman–Crippen MR) is 58.2 cm³/mol. The Balaban J connectivity index is 3.02. The molecule has 0 heterocycles. The van der Waals surface area contributed by atoms with Crippen LogP contribution in [0, 0.1) is 6.92 Å². The molecule has 76 valence electrons. The van der Waals surface area contributed by atoms with Gasteiger partial charge in [-0.05, 0) is 37.6 Å². The number of nitrogens with two attached hydrogens (primary N) is 1. The summed E-state index contributed by atoms with van der Waals surface area (Å²) in [6.07, 6.45) is 0. The molecule has 1 aromatic carbocycles. The number of amides is 1. The Morgan fingerprint density at radius 1 is 1.50 bits per heavy atom. The summed E-state index contributed by atoms with van der Waals surface area (Å²) in [4.78, 5) is 13.5. The molecule has 0 unspecified atom stereocenters. The minimum absolute atomic E-state index is 0.0463. The van der Waals surface area contributed by atoms with Crippen LogP contribution in [-0.2, 0) is 0 Å². The van der Waals surface area contributed by atoms with Gasteiger partial charge < -0.3 is 10.6 Å². The molecule has 0 aliphatic heterocycles. The van der Waals surface area contributed by atoms with Gasteiger partial charge in [-0.25, -0.2) is 0 Å². The predicted octanol–water partition coefficient (Wildman–Crippen LogP) is 1.67. The highest BCUT2D eigenvalue weighted by Crippen LogP contribution is 2.13. The highest BCUT2D eigenvalue weighted by Gasteiger charge is 2.11. The molecule has 3 nitrogen and oxygen atoms in total. The van der Waals surface area contributed by atoms with Gasteiger partial charge in [-0.1, -0.05) is 0 Å². The first-order valence-electron chi connectivity index (χ1n) is 4.67. The van der Waals surface area contributed by atoms with E-state index in [1.165, 1.54) is 0 Å². The van der Waals surface area contributed by atoms with Crippen molar-refractivity contribution in [2.75, 3.05) is 19.3 Å². The number of anilines is 1. The number of aryl methyl sites for hydroxylation is 1. The van der Waals surface area contributed by atoms with E-state index in [2.05, 4.69) is 0 Å². The fourth-order valence-electron chi connectivity index (χ4n) is 1.28. The lowest BCUT2D eigenvalue weighted by atomic mass is 10.1. The van der Waals surface area contributed by atoms with Gasteiger partial charge in [-0.15, -0.1) is 0 Å². The van der Waals surface area contributed by atoms with E-state index in [1.807, 2.05) is 19.9 Å². The highest BCUT2D eigenvalue weighted by atomic mass is 16.2. The average Bonchev–Trinajstić information content (AvgIpc) is 2.15. The lowest BCUT2D eigenvalue weighted by molar-refractivity contribution is 0.0802. The van der Waals surface area contributed by atoms with Crippen LogP contribution in [0.15, 0.2) is 18.2 Å². The van der Waals surface area contributed by atoms with Crippen molar-refractivity contribution in [3.63, 3.8) is 0 Å². The standard InChI is InChI=1S/C11H16N2O/c1-4-13(3)11(14)10-6-5-9(12)7-8(10)2/h5-7H,4,12H2,1-3H3. The van der Waals surface area contributed by atoms with Gasteiger partial charge in [0.2, 0.25) is 0 Å². The molecule has 0 fully saturated rings. The van der Waals surface area contributed by atoms with E-state index in [-0.39, 0.29) is 5.91 Å². The van der Waals surface area contributed by atoms with Crippen molar-refractivity contribution in [3.05, 3.63) is 29.3 Å². The first kappa shape index (κ1) is 10.6. The molecule has 0 aliphatic carbocycles. The van der Waals surface area contributed by atoms with Gasteiger partial charge in [0.25, 0.3) is 5.91 Å². The van der Waals surface area contributed by atoms with E-state index in [1.54, 1.807) is 24.1 Å². The summed E-state index contributed by atoms with van der Waals surface area (Å²) in [5, 5.41) is 0. The molecule has 0 bridgehead atoms. The van der Waals surface area contributed by atoms with Crippen LogP contribution in [0.4, 0.5) is 5.69 Å². The molecule has 0 radical (unpaired) electrons. The summed E-state index contributed by atoms with van der Waals surface area (Å²) >= 11 is 0. The number of rotatable bonds is 2. The third-order valence-corrected chi connectivity index (χ3v) is 2.30. The van der Waals surface area contributed by atoms with Crippen molar-refractivity contribution in [3.8, 4) is 0 Å². The molecule has 0 saturated carbocycles. The number of nitrogens with zero attached hydrogens (tertiary/aromatic N) is 1. The van der Waals surface area contributed by atoms with Gasteiger partial charge in [0.1, 0.15) is 0 Å². The molecular formula is C11H16N2O. The maximum absolute atomic E-state index is 11.8. The van der Waals surface area contributed by atoms with Crippen LogP contribution in [0.1, 0.15) is 22.8 Å². The fraction of sp³-hybridized carbons (Fsp3) is 0.364. The van der Waals surface area contributed by atoms with Crippen LogP contribution in [0.25, 0.3) is 0 Å². The largest absolute Gasteiger partial charge is 0.399 e.